The summed E-state index contributed by atoms with van der Waals surface area (Å²) in [4.78, 5) is 37.1. The molecule has 0 spiro atoms. The van der Waals surface area contributed by atoms with Crippen molar-refractivity contribution in [2.75, 3.05) is 47.5 Å². The second-order valence-electron chi connectivity index (χ2n) is 22.3. The normalized spacial score (nSPS) is 13.2. The number of rotatable bonds is 58. The smallest absolute Gasteiger partial charge is 0.306 e. The molecule has 0 aromatic heterocycles. The molecule has 0 amide bonds. The first kappa shape index (κ1) is 72.7. The van der Waals surface area contributed by atoms with E-state index < -0.39 is 24.3 Å². The Morgan fingerprint density at radius 3 is 1.13 bits per heavy atom. The van der Waals surface area contributed by atoms with E-state index in [0.29, 0.717) is 17.4 Å². The van der Waals surface area contributed by atoms with Gasteiger partial charge in [-0.2, -0.15) is 0 Å². The number of carboxylic acid groups (broad SMARTS) is 1. The number of ether oxygens (including phenoxy) is 4. The van der Waals surface area contributed by atoms with Gasteiger partial charge in [0, 0.05) is 12.8 Å². The van der Waals surface area contributed by atoms with Crippen LogP contribution < -0.4 is 5.11 Å². The van der Waals surface area contributed by atoms with Crippen LogP contribution in [-0.2, 0) is 33.3 Å². The van der Waals surface area contributed by atoms with Crippen LogP contribution in [0.3, 0.4) is 0 Å². The van der Waals surface area contributed by atoms with Gasteiger partial charge in [0.05, 0.1) is 40.3 Å². The van der Waals surface area contributed by atoms with Crippen molar-refractivity contribution in [1.29, 1.82) is 0 Å². The van der Waals surface area contributed by atoms with Crippen LogP contribution in [0.4, 0.5) is 0 Å². The number of quaternary nitrogens is 1. The minimum atomic E-state index is -1.62. The molecule has 0 fully saturated rings. The summed E-state index contributed by atoms with van der Waals surface area (Å²) in [5.74, 6) is -2.29. The number of esters is 2. The Labute approximate surface area is 468 Å². The molecule has 440 valence electrons. The maximum atomic E-state index is 12.8. The fraction of sp³-hybridized carbons (Fsp3) is 0.776. The number of hydrogen-bond donors (Lipinski definition) is 0. The minimum absolute atomic E-state index is 0.147. The molecule has 0 aliphatic heterocycles. The third-order valence-electron chi connectivity index (χ3n) is 13.7. The van der Waals surface area contributed by atoms with Crippen LogP contribution >= 0.6 is 0 Å². The van der Waals surface area contributed by atoms with E-state index in [2.05, 4.69) is 86.8 Å². The second kappa shape index (κ2) is 57.9. The van der Waals surface area contributed by atoms with E-state index >= 15 is 0 Å². The topological polar surface area (TPSA) is 111 Å². The van der Waals surface area contributed by atoms with E-state index in [1.54, 1.807) is 0 Å². The summed E-state index contributed by atoms with van der Waals surface area (Å²) < 4.78 is 22.6. The molecule has 0 aromatic carbocycles. The Bertz CT molecular complexity index is 1470. The molecule has 2 unspecified atom stereocenters. The molecule has 0 saturated heterocycles. The molecule has 0 rings (SSSR count). The number of likely N-dealkylation sites (N-methyl/N-ethyl adjacent to an activating group) is 1. The van der Waals surface area contributed by atoms with Gasteiger partial charge >= 0.3 is 11.9 Å². The number of carbonyl (C=O) groups is 3. The maximum absolute atomic E-state index is 12.8. The summed E-state index contributed by atoms with van der Waals surface area (Å²) in [6, 6.07) is 0. The monoisotopic (exact) mass is 1070 g/mol. The van der Waals surface area contributed by atoms with Gasteiger partial charge in [0.1, 0.15) is 13.2 Å². The number of carbonyl (C=O) groups excluding carboxylic acids is 3. The van der Waals surface area contributed by atoms with Crippen LogP contribution in [0.25, 0.3) is 0 Å². The predicted molar refractivity (Wildman–Crippen MR) is 320 cm³/mol. The lowest BCUT2D eigenvalue weighted by Gasteiger charge is -2.26. The number of allylic oxidation sites excluding steroid dienone is 12. The summed E-state index contributed by atoms with van der Waals surface area (Å²) in [6.45, 7) is 4.57. The van der Waals surface area contributed by atoms with Gasteiger partial charge in [-0.25, -0.2) is 0 Å². The van der Waals surface area contributed by atoms with Gasteiger partial charge in [0.15, 0.2) is 12.4 Å². The number of aliphatic carboxylic acids is 1. The van der Waals surface area contributed by atoms with Crippen molar-refractivity contribution in [2.24, 2.45) is 0 Å². The van der Waals surface area contributed by atoms with Crippen molar-refractivity contribution in [2.45, 2.75) is 289 Å². The fourth-order valence-electron chi connectivity index (χ4n) is 8.86. The zero-order valence-corrected chi connectivity index (χ0v) is 50.1. The van der Waals surface area contributed by atoms with Crippen LogP contribution in [-0.4, -0.2) is 82.3 Å². The van der Waals surface area contributed by atoms with E-state index in [9.17, 15) is 19.5 Å². The molecular formula is C67H119NO8. The van der Waals surface area contributed by atoms with Crippen molar-refractivity contribution >= 4 is 17.9 Å². The van der Waals surface area contributed by atoms with Gasteiger partial charge in [0.2, 0.25) is 0 Å². The molecule has 9 nitrogen and oxygen atoms in total. The summed E-state index contributed by atoms with van der Waals surface area (Å²) in [6.07, 6.45) is 73.0. The van der Waals surface area contributed by atoms with Crippen molar-refractivity contribution < 1.29 is 42.9 Å². The van der Waals surface area contributed by atoms with E-state index in [1.807, 2.05) is 21.1 Å². The molecule has 2 atom stereocenters. The first-order valence-corrected chi connectivity index (χ1v) is 31.6. The van der Waals surface area contributed by atoms with Crippen molar-refractivity contribution in [3.8, 4) is 0 Å². The van der Waals surface area contributed by atoms with Crippen LogP contribution in [0.5, 0.6) is 0 Å². The predicted octanol–water partition coefficient (Wildman–Crippen LogP) is 17.6. The van der Waals surface area contributed by atoms with Gasteiger partial charge in [-0.1, -0.05) is 260 Å². The highest BCUT2D eigenvalue weighted by Crippen LogP contribution is 2.17. The minimum Gasteiger partial charge on any atom is -0.545 e. The Balaban J connectivity index is 3.87. The molecule has 0 N–H and O–H groups in total. The molecule has 9 heteroatoms. The highest BCUT2D eigenvalue weighted by atomic mass is 16.7. The molecule has 0 aromatic rings. The Kier molecular flexibility index (Phi) is 55.4. The largest absolute Gasteiger partial charge is 0.545 e. The summed E-state index contributed by atoms with van der Waals surface area (Å²) >= 11 is 0. The van der Waals surface area contributed by atoms with Gasteiger partial charge < -0.3 is 33.3 Å². The quantitative estimate of drug-likeness (QED) is 0.0195. The molecule has 0 saturated carbocycles. The lowest BCUT2D eigenvalue weighted by Crippen LogP contribution is -2.44. The van der Waals surface area contributed by atoms with E-state index in [4.69, 9.17) is 18.9 Å². The first-order valence-electron chi connectivity index (χ1n) is 31.6. The molecule has 0 radical (unpaired) electrons. The zero-order chi connectivity index (χ0) is 55.5. The highest BCUT2D eigenvalue weighted by molar-refractivity contribution is 5.70. The van der Waals surface area contributed by atoms with Gasteiger partial charge in [-0.15, -0.1) is 0 Å². The molecule has 76 heavy (non-hydrogen) atoms. The number of carboxylic acids is 1. The maximum Gasteiger partial charge on any atom is 0.306 e. The number of nitrogens with zero attached hydrogens (tertiary/aromatic N) is 1. The lowest BCUT2D eigenvalue weighted by atomic mass is 10.0. The molecular weight excluding hydrogens is 947 g/mol. The Morgan fingerprint density at radius 1 is 0.408 bits per heavy atom. The van der Waals surface area contributed by atoms with E-state index in [1.165, 1.54) is 154 Å². The van der Waals surface area contributed by atoms with Crippen LogP contribution in [0.1, 0.15) is 277 Å². The van der Waals surface area contributed by atoms with E-state index in [0.717, 1.165) is 89.9 Å². The third-order valence-corrected chi connectivity index (χ3v) is 13.7. The molecule has 0 bridgehead atoms. The lowest BCUT2D eigenvalue weighted by molar-refractivity contribution is -0.870. The Hall–Kier alpha value is -3.27. The van der Waals surface area contributed by atoms with Crippen molar-refractivity contribution in [3.05, 3.63) is 72.9 Å². The van der Waals surface area contributed by atoms with Gasteiger partial charge in [-0.3, -0.25) is 9.59 Å². The fourth-order valence-corrected chi connectivity index (χ4v) is 8.86. The standard InChI is InChI=1S/C67H119NO8/c1-6-8-10-12-14-16-18-19-20-21-22-23-24-25-26-27-28-29-30-31-32-33-34-35-36-37-38-39-40-41-42-43-44-45-46-47-48-50-52-54-56-58-65(70)76-63(62-75-67(66(71)72)73-60-59-68(3,4)5)61-74-64(69)57-55-53-51-49-17-15-13-11-9-7-2/h8,10-11,13-14,16,19-20,22-23,25-26,63,67H,6-7,9,12,15,17-18,21,24,27-62H2,1-5H3/b10-8-,13-11-,16-14-,20-19-,23-22-,26-25-. The average molecular weight is 1070 g/mol. The van der Waals surface area contributed by atoms with Crippen molar-refractivity contribution in [1.82, 2.24) is 0 Å². The summed E-state index contributed by atoms with van der Waals surface area (Å²) in [5.41, 5.74) is 0. The first-order chi connectivity index (χ1) is 37.1. The average Bonchev–Trinajstić information content (AvgIpc) is 3.39. The summed E-state index contributed by atoms with van der Waals surface area (Å²) in [5, 5.41) is 11.7. The second-order valence-corrected chi connectivity index (χ2v) is 22.3. The van der Waals surface area contributed by atoms with Crippen molar-refractivity contribution in [3.63, 3.8) is 0 Å². The molecule has 0 aliphatic rings. The van der Waals surface area contributed by atoms with Gasteiger partial charge in [-0.05, 0) is 77.0 Å². The number of unbranched alkanes of at least 4 members (excludes halogenated alkanes) is 31. The number of hydrogen-bond acceptors (Lipinski definition) is 8. The molecule has 0 aliphatic carbocycles. The van der Waals surface area contributed by atoms with Crippen LogP contribution in [0, 0.1) is 0 Å². The van der Waals surface area contributed by atoms with Crippen LogP contribution in [0.15, 0.2) is 72.9 Å². The Morgan fingerprint density at radius 2 is 0.750 bits per heavy atom. The van der Waals surface area contributed by atoms with E-state index in [-0.39, 0.29) is 38.6 Å². The third kappa shape index (κ3) is 58.4. The molecule has 0 heterocycles. The van der Waals surface area contributed by atoms with Crippen LogP contribution in [0.2, 0.25) is 0 Å². The van der Waals surface area contributed by atoms with Gasteiger partial charge in [0.25, 0.3) is 0 Å². The summed E-state index contributed by atoms with van der Waals surface area (Å²) in [7, 11) is 5.92. The zero-order valence-electron chi connectivity index (χ0n) is 50.1. The highest BCUT2D eigenvalue weighted by Gasteiger charge is 2.22. The SMILES string of the molecule is CC/C=C\C/C=C\C/C=C\C/C=C\C/C=C\CCCCCCCCCCCCCCCCCCCCCCCCCCCC(=O)OC(COC(=O)CCCCCCC/C=C\CCC)COC(OCC[N+](C)(C)C)C(=O)[O-].